The first-order valence-corrected chi connectivity index (χ1v) is 8.23. The third kappa shape index (κ3) is 4.57. The first-order valence-electron chi connectivity index (χ1n) is 8.23. The molecule has 0 spiro atoms. The van der Waals surface area contributed by atoms with Gasteiger partial charge in [0.05, 0.1) is 46.7 Å². The molecule has 2 rings (SSSR count). The van der Waals surface area contributed by atoms with Gasteiger partial charge >= 0.3 is 17.9 Å². The molecule has 0 aliphatic carbocycles. The molecule has 0 N–H and O–H groups in total. The second-order valence-electron chi connectivity index (χ2n) is 5.49. The largest absolute Gasteiger partial charge is 0.496 e. The van der Waals surface area contributed by atoms with Crippen molar-refractivity contribution in [3.63, 3.8) is 0 Å². The molecule has 0 saturated heterocycles. The van der Waals surface area contributed by atoms with Crippen molar-refractivity contribution in [2.45, 2.75) is 0 Å². The highest BCUT2D eigenvalue weighted by molar-refractivity contribution is 5.99. The Morgan fingerprint density at radius 1 is 0.586 bits per heavy atom. The summed E-state index contributed by atoms with van der Waals surface area (Å²) in [5, 5.41) is 0. The fourth-order valence-corrected chi connectivity index (χ4v) is 2.49. The number of ether oxygens (including phenoxy) is 6. The van der Waals surface area contributed by atoms with Gasteiger partial charge in [0.2, 0.25) is 0 Å². The highest BCUT2D eigenvalue weighted by Gasteiger charge is 2.25. The van der Waals surface area contributed by atoms with E-state index >= 15 is 0 Å². The van der Waals surface area contributed by atoms with E-state index in [1.807, 2.05) is 0 Å². The van der Waals surface area contributed by atoms with Gasteiger partial charge in [0.1, 0.15) is 17.1 Å². The molecule has 0 aliphatic rings. The molecular formula is C20H20O9. The van der Waals surface area contributed by atoms with Crippen LogP contribution in [-0.4, -0.2) is 53.5 Å². The van der Waals surface area contributed by atoms with Gasteiger partial charge < -0.3 is 28.4 Å². The number of methoxy groups -OCH3 is 5. The summed E-state index contributed by atoms with van der Waals surface area (Å²) >= 11 is 0. The van der Waals surface area contributed by atoms with Crippen LogP contribution < -0.4 is 14.2 Å². The summed E-state index contributed by atoms with van der Waals surface area (Å²) in [6.07, 6.45) is 0. The topological polar surface area (TPSA) is 107 Å². The van der Waals surface area contributed by atoms with E-state index in [1.54, 1.807) is 0 Å². The molecule has 0 amide bonds. The molecule has 0 radical (unpaired) electrons. The van der Waals surface area contributed by atoms with Crippen molar-refractivity contribution < 1.29 is 42.8 Å². The lowest BCUT2D eigenvalue weighted by Crippen LogP contribution is -2.10. The number of carbonyl (C=O) groups excluding carboxylic acids is 3. The number of benzene rings is 2. The van der Waals surface area contributed by atoms with Crippen LogP contribution in [0.15, 0.2) is 30.3 Å². The van der Waals surface area contributed by atoms with Gasteiger partial charge in [-0.3, -0.25) is 0 Å². The second kappa shape index (κ2) is 9.45. The molecule has 154 valence electrons. The summed E-state index contributed by atoms with van der Waals surface area (Å²) in [6, 6.07) is 6.99. The van der Waals surface area contributed by atoms with Crippen molar-refractivity contribution in [1.82, 2.24) is 0 Å². The van der Waals surface area contributed by atoms with Crippen LogP contribution in [0.2, 0.25) is 0 Å². The molecule has 29 heavy (non-hydrogen) atoms. The zero-order chi connectivity index (χ0) is 21.6. The molecule has 2 aromatic rings. The minimum atomic E-state index is -0.753. The smallest absolute Gasteiger partial charge is 0.345 e. The monoisotopic (exact) mass is 404 g/mol. The van der Waals surface area contributed by atoms with Gasteiger partial charge in [-0.15, -0.1) is 0 Å². The number of hydrogen-bond acceptors (Lipinski definition) is 9. The summed E-state index contributed by atoms with van der Waals surface area (Å²) in [7, 11) is 6.38. The van der Waals surface area contributed by atoms with Crippen LogP contribution in [-0.2, 0) is 14.2 Å². The van der Waals surface area contributed by atoms with Gasteiger partial charge in [-0.25, -0.2) is 14.4 Å². The lowest BCUT2D eigenvalue weighted by molar-refractivity contribution is 0.0580. The number of esters is 3. The summed E-state index contributed by atoms with van der Waals surface area (Å²) in [6.45, 7) is 0. The van der Waals surface area contributed by atoms with Crippen LogP contribution in [0.5, 0.6) is 23.0 Å². The van der Waals surface area contributed by atoms with E-state index in [4.69, 9.17) is 28.4 Å². The average molecular weight is 404 g/mol. The Hall–Kier alpha value is -3.75. The van der Waals surface area contributed by atoms with Crippen LogP contribution in [0.3, 0.4) is 0 Å². The SMILES string of the molecule is COC(=O)c1ccc(OC)c(Oc2cc(C(=O)OC)cc(OC)c2C(=O)OC)c1. The molecule has 0 saturated carbocycles. The number of carbonyl (C=O) groups is 3. The molecule has 0 bridgehead atoms. The van der Waals surface area contributed by atoms with E-state index in [1.165, 1.54) is 65.9 Å². The number of rotatable bonds is 7. The quantitative estimate of drug-likeness (QED) is 0.508. The van der Waals surface area contributed by atoms with Gasteiger partial charge in [-0.05, 0) is 30.3 Å². The predicted molar refractivity (Wildman–Crippen MR) is 100 cm³/mol. The van der Waals surface area contributed by atoms with Crippen LogP contribution in [0.1, 0.15) is 31.1 Å². The standard InChI is InChI=1S/C20H20O9/c1-24-13-7-6-11(18(21)26-3)8-14(13)29-16-10-12(19(22)27-4)9-15(25-2)17(16)20(23)28-5/h6-10H,1-5H3. The van der Waals surface area contributed by atoms with Crippen LogP contribution in [0.4, 0.5) is 0 Å². The predicted octanol–water partition coefficient (Wildman–Crippen LogP) is 2.86. The molecular weight excluding hydrogens is 384 g/mol. The lowest BCUT2D eigenvalue weighted by Gasteiger charge is -2.16. The molecule has 0 aliphatic heterocycles. The summed E-state index contributed by atoms with van der Waals surface area (Å²) in [4.78, 5) is 36.2. The van der Waals surface area contributed by atoms with Crippen molar-refractivity contribution in [2.24, 2.45) is 0 Å². The number of hydrogen-bond donors (Lipinski definition) is 0. The Morgan fingerprint density at radius 2 is 1.10 bits per heavy atom. The second-order valence-corrected chi connectivity index (χ2v) is 5.49. The van der Waals surface area contributed by atoms with E-state index in [9.17, 15) is 14.4 Å². The molecule has 9 heteroatoms. The maximum atomic E-state index is 12.3. The molecule has 0 fully saturated rings. The maximum Gasteiger partial charge on any atom is 0.345 e. The molecule has 9 nitrogen and oxygen atoms in total. The maximum absolute atomic E-state index is 12.3. The molecule has 0 atom stereocenters. The van der Waals surface area contributed by atoms with E-state index in [-0.39, 0.29) is 39.7 Å². The first-order chi connectivity index (χ1) is 13.9. The van der Waals surface area contributed by atoms with Crippen molar-refractivity contribution in [1.29, 1.82) is 0 Å². The Bertz CT molecular complexity index is 934. The van der Waals surface area contributed by atoms with E-state index in [2.05, 4.69) is 0 Å². The van der Waals surface area contributed by atoms with Crippen molar-refractivity contribution in [3.05, 3.63) is 47.0 Å². The van der Waals surface area contributed by atoms with Crippen LogP contribution in [0, 0.1) is 0 Å². The van der Waals surface area contributed by atoms with Crippen LogP contribution >= 0.6 is 0 Å². The fraction of sp³-hybridized carbons (Fsp3) is 0.250. The third-order valence-electron chi connectivity index (χ3n) is 3.90. The Balaban J connectivity index is 2.68. The summed E-state index contributed by atoms with van der Waals surface area (Å²) < 4.78 is 30.6. The normalized spacial score (nSPS) is 9.97. The zero-order valence-electron chi connectivity index (χ0n) is 16.6. The minimum Gasteiger partial charge on any atom is -0.496 e. The van der Waals surface area contributed by atoms with Gasteiger partial charge in [-0.1, -0.05) is 0 Å². The first kappa shape index (κ1) is 21.5. The van der Waals surface area contributed by atoms with Gasteiger partial charge in [0, 0.05) is 0 Å². The van der Waals surface area contributed by atoms with Crippen molar-refractivity contribution in [3.8, 4) is 23.0 Å². The Kier molecular flexibility index (Phi) is 7.02. The van der Waals surface area contributed by atoms with Gasteiger partial charge in [0.25, 0.3) is 0 Å². The van der Waals surface area contributed by atoms with Gasteiger partial charge in [-0.2, -0.15) is 0 Å². The minimum absolute atomic E-state index is 0.0397. The fourth-order valence-electron chi connectivity index (χ4n) is 2.49. The molecule has 0 heterocycles. The molecule has 0 aromatic heterocycles. The summed E-state index contributed by atoms with van der Waals surface area (Å²) in [5.41, 5.74) is 0.210. The zero-order valence-corrected chi connectivity index (χ0v) is 16.6. The van der Waals surface area contributed by atoms with E-state index in [0.29, 0.717) is 0 Å². The Morgan fingerprint density at radius 3 is 1.66 bits per heavy atom. The third-order valence-corrected chi connectivity index (χ3v) is 3.90. The molecule has 2 aromatic carbocycles. The Labute approximate surface area is 167 Å². The highest BCUT2D eigenvalue weighted by atomic mass is 16.5. The van der Waals surface area contributed by atoms with Crippen molar-refractivity contribution >= 4 is 17.9 Å². The molecule has 0 unspecified atom stereocenters. The highest BCUT2D eigenvalue weighted by Crippen LogP contribution is 2.38. The average Bonchev–Trinajstić information content (AvgIpc) is 2.76. The van der Waals surface area contributed by atoms with E-state index in [0.717, 1.165) is 0 Å². The lowest BCUT2D eigenvalue weighted by atomic mass is 10.1. The summed E-state index contributed by atoms with van der Waals surface area (Å²) in [5.74, 6) is -1.65. The van der Waals surface area contributed by atoms with Gasteiger partial charge in [0.15, 0.2) is 11.5 Å². The van der Waals surface area contributed by atoms with Crippen molar-refractivity contribution in [2.75, 3.05) is 35.5 Å². The van der Waals surface area contributed by atoms with E-state index < -0.39 is 17.9 Å². The van der Waals surface area contributed by atoms with Crippen LogP contribution in [0.25, 0.3) is 0 Å².